The average molecular weight is 459 g/mol. The van der Waals surface area contributed by atoms with Crippen LogP contribution in [0.25, 0.3) is 4.91 Å². The van der Waals surface area contributed by atoms with Gasteiger partial charge < -0.3 is 9.84 Å². The maximum absolute atomic E-state index is 12.7. The van der Waals surface area contributed by atoms with Crippen LogP contribution in [0.4, 0.5) is 13.2 Å². The Labute approximate surface area is 174 Å². The smallest absolute Gasteiger partial charge is 0.480 e. The van der Waals surface area contributed by atoms with Gasteiger partial charge in [-0.3, -0.25) is 4.79 Å². The third-order valence-electron chi connectivity index (χ3n) is 4.18. The number of carboxylic acids is 1. The number of hydrogen-bond donors (Lipinski definition) is 2. The summed E-state index contributed by atoms with van der Waals surface area (Å²) in [6, 6.07) is 10.2. The Bertz CT molecular complexity index is 1100. The minimum absolute atomic E-state index is 0.0153. The second-order valence-corrected chi connectivity index (χ2v) is 9.26. The Morgan fingerprint density at radius 1 is 1.17 bits per heavy atom. The van der Waals surface area contributed by atoms with E-state index < -0.39 is 39.4 Å². The van der Waals surface area contributed by atoms with Crippen molar-refractivity contribution in [3.05, 3.63) is 65.7 Å². The van der Waals surface area contributed by atoms with Gasteiger partial charge in [-0.25, -0.2) is 13.1 Å². The van der Waals surface area contributed by atoms with Crippen molar-refractivity contribution in [1.82, 2.24) is 4.72 Å². The van der Waals surface area contributed by atoms with Gasteiger partial charge in [0.2, 0.25) is 10.0 Å². The van der Waals surface area contributed by atoms with Gasteiger partial charge in [-0.05, 0) is 36.2 Å². The second-order valence-electron chi connectivity index (χ2n) is 6.40. The molecule has 0 saturated heterocycles. The number of alkyl halides is 3. The molecular formula is C19H16F3NO5S2. The van der Waals surface area contributed by atoms with Gasteiger partial charge in [-0.2, -0.15) is 0 Å². The standard InChI is InChI=1S/C19H16F3NO5S2/c1-11-5-2-3-8-16(11)30(26,27)23-14-10-15(29-17(14)18(24)25)12-6-4-7-13(9-12)28-19(20,21)22/h2-10,14,17,23H,1H3,(H,24,25). The number of thioether (sulfide) groups is 1. The van der Waals surface area contributed by atoms with Crippen molar-refractivity contribution in [3.8, 4) is 5.75 Å². The summed E-state index contributed by atoms with van der Waals surface area (Å²) in [5.74, 6) is -1.72. The van der Waals surface area contributed by atoms with E-state index in [1.807, 2.05) is 0 Å². The molecule has 0 saturated carbocycles. The molecule has 0 amide bonds. The number of carbonyl (C=O) groups is 1. The number of aryl methyl sites for hydroxylation is 1. The Hall–Kier alpha value is -2.50. The van der Waals surface area contributed by atoms with Gasteiger partial charge in [0, 0.05) is 4.91 Å². The minimum Gasteiger partial charge on any atom is -0.480 e. The summed E-state index contributed by atoms with van der Waals surface area (Å²) in [5, 5.41) is 8.33. The zero-order valence-corrected chi connectivity index (χ0v) is 17.0. The number of hydrogen-bond acceptors (Lipinski definition) is 5. The van der Waals surface area contributed by atoms with Gasteiger partial charge in [0.15, 0.2) is 0 Å². The van der Waals surface area contributed by atoms with E-state index in [0.717, 1.165) is 23.9 Å². The number of halogens is 3. The summed E-state index contributed by atoms with van der Waals surface area (Å²) in [4.78, 5) is 12.0. The van der Waals surface area contributed by atoms with Crippen molar-refractivity contribution in [3.63, 3.8) is 0 Å². The number of rotatable bonds is 6. The van der Waals surface area contributed by atoms with Crippen LogP contribution in [-0.4, -0.2) is 37.1 Å². The minimum atomic E-state index is -4.87. The summed E-state index contributed by atoms with van der Waals surface area (Å²) in [6.45, 7) is 1.61. The lowest BCUT2D eigenvalue weighted by Gasteiger charge is -2.17. The molecular weight excluding hydrogens is 443 g/mol. The molecule has 2 atom stereocenters. The molecule has 0 aromatic heterocycles. The van der Waals surface area contributed by atoms with Crippen LogP contribution in [-0.2, 0) is 14.8 Å². The third-order valence-corrected chi connectivity index (χ3v) is 7.17. The van der Waals surface area contributed by atoms with Crippen molar-refractivity contribution in [2.24, 2.45) is 0 Å². The van der Waals surface area contributed by atoms with E-state index in [-0.39, 0.29) is 10.5 Å². The van der Waals surface area contributed by atoms with E-state index in [4.69, 9.17) is 0 Å². The molecule has 2 aromatic rings. The van der Waals surface area contributed by atoms with Crippen LogP contribution in [0.15, 0.2) is 59.5 Å². The van der Waals surface area contributed by atoms with Crippen LogP contribution >= 0.6 is 11.8 Å². The molecule has 2 aromatic carbocycles. The Balaban J connectivity index is 1.91. The van der Waals surface area contributed by atoms with E-state index >= 15 is 0 Å². The molecule has 1 heterocycles. The Morgan fingerprint density at radius 3 is 2.50 bits per heavy atom. The number of sulfonamides is 1. The quantitative estimate of drug-likeness (QED) is 0.683. The second kappa shape index (κ2) is 8.32. The zero-order chi connectivity index (χ0) is 22.1. The van der Waals surface area contributed by atoms with E-state index in [1.54, 1.807) is 25.1 Å². The highest BCUT2D eigenvalue weighted by Crippen LogP contribution is 2.41. The van der Waals surface area contributed by atoms with E-state index in [9.17, 15) is 31.5 Å². The molecule has 11 heteroatoms. The predicted octanol–water partition coefficient (Wildman–Crippen LogP) is 3.78. The lowest BCUT2D eigenvalue weighted by molar-refractivity contribution is -0.274. The first-order valence-corrected chi connectivity index (χ1v) is 10.9. The summed E-state index contributed by atoms with van der Waals surface area (Å²) in [7, 11) is -4.02. The van der Waals surface area contributed by atoms with Crippen molar-refractivity contribution >= 4 is 32.7 Å². The van der Waals surface area contributed by atoms with Crippen molar-refractivity contribution in [1.29, 1.82) is 0 Å². The topological polar surface area (TPSA) is 92.7 Å². The molecule has 0 bridgehead atoms. The molecule has 1 aliphatic heterocycles. The number of nitrogens with one attached hydrogen (secondary N) is 1. The molecule has 0 spiro atoms. The maximum Gasteiger partial charge on any atom is 0.573 e. The summed E-state index contributed by atoms with van der Waals surface area (Å²) in [6.07, 6.45) is -3.49. The molecule has 0 radical (unpaired) electrons. The highest BCUT2D eigenvalue weighted by Gasteiger charge is 2.38. The fraction of sp³-hybridized carbons (Fsp3) is 0.211. The van der Waals surface area contributed by atoms with Crippen molar-refractivity contribution in [2.75, 3.05) is 0 Å². The average Bonchev–Trinajstić information content (AvgIpc) is 3.04. The summed E-state index contributed by atoms with van der Waals surface area (Å²) >= 11 is 0.845. The van der Waals surface area contributed by atoms with Crippen LogP contribution < -0.4 is 9.46 Å². The van der Waals surface area contributed by atoms with E-state index in [0.29, 0.717) is 10.5 Å². The number of ether oxygens (including phenoxy) is 1. The molecule has 160 valence electrons. The molecule has 2 N–H and O–H groups in total. The largest absolute Gasteiger partial charge is 0.573 e. The highest BCUT2D eigenvalue weighted by molar-refractivity contribution is 8.09. The fourth-order valence-corrected chi connectivity index (χ4v) is 5.59. The Kier molecular flexibility index (Phi) is 6.16. The monoisotopic (exact) mass is 459 g/mol. The third kappa shape index (κ3) is 5.15. The lowest BCUT2D eigenvalue weighted by Crippen LogP contribution is -2.42. The molecule has 6 nitrogen and oxygen atoms in total. The van der Waals surface area contributed by atoms with Crippen LogP contribution in [0, 0.1) is 6.92 Å². The SMILES string of the molecule is Cc1ccccc1S(=O)(=O)NC1C=C(c2cccc(OC(F)(F)F)c2)SC1C(=O)O. The van der Waals surface area contributed by atoms with E-state index in [1.165, 1.54) is 24.3 Å². The van der Waals surface area contributed by atoms with Crippen LogP contribution in [0.1, 0.15) is 11.1 Å². The highest BCUT2D eigenvalue weighted by atomic mass is 32.2. The number of carboxylic acid groups (broad SMARTS) is 1. The van der Waals surface area contributed by atoms with Gasteiger partial charge >= 0.3 is 12.3 Å². The summed E-state index contributed by atoms with van der Waals surface area (Å²) < 4.78 is 69.1. The van der Waals surface area contributed by atoms with Gasteiger partial charge in [0.1, 0.15) is 11.0 Å². The van der Waals surface area contributed by atoms with Gasteiger partial charge in [-0.1, -0.05) is 36.4 Å². The van der Waals surface area contributed by atoms with Crippen LogP contribution in [0.5, 0.6) is 5.75 Å². The van der Waals surface area contributed by atoms with Gasteiger partial charge in [0.05, 0.1) is 10.9 Å². The molecule has 2 unspecified atom stereocenters. The van der Waals surface area contributed by atoms with Crippen LogP contribution in [0.2, 0.25) is 0 Å². The Morgan fingerprint density at radius 2 is 1.87 bits per heavy atom. The fourth-order valence-electron chi connectivity index (χ4n) is 2.91. The molecule has 30 heavy (non-hydrogen) atoms. The van der Waals surface area contributed by atoms with Crippen molar-refractivity contribution in [2.45, 2.75) is 29.5 Å². The van der Waals surface area contributed by atoms with Crippen molar-refractivity contribution < 1.29 is 36.2 Å². The lowest BCUT2D eigenvalue weighted by atomic mass is 10.1. The van der Waals surface area contributed by atoms with Gasteiger partial charge in [0.25, 0.3) is 0 Å². The van der Waals surface area contributed by atoms with Gasteiger partial charge in [-0.15, -0.1) is 24.9 Å². The molecule has 0 aliphatic carbocycles. The normalized spacial score (nSPS) is 19.4. The maximum atomic E-state index is 12.7. The molecule has 3 rings (SSSR count). The summed E-state index contributed by atoms with van der Waals surface area (Å²) in [5.41, 5.74) is 0.773. The zero-order valence-electron chi connectivity index (χ0n) is 15.4. The van der Waals surface area contributed by atoms with Crippen LogP contribution in [0.3, 0.4) is 0 Å². The molecule has 1 aliphatic rings. The first kappa shape index (κ1) is 22.2. The molecule has 0 fully saturated rings. The number of benzene rings is 2. The first-order valence-electron chi connectivity index (χ1n) is 8.52. The number of aliphatic carboxylic acids is 1. The predicted molar refractivity (Wildman–Crippen MR) is 105 cm³/mol. The van der Waals surface area contributed by atoms with E-state index in [2.05, 4.69) is 9.46 Å². The first-order chi connectivity index (χ1) is 14.0.